The molecule has 1 aromatic heterocycles. The standard InChI is InChI=1S/C24H22F2N2O4/c1-2-3-12-32-22(30)13-15-4-7-17(8-5-15)28-21(29)11-10-19(24(28)27)23(31)18-9-6-16(25)14-20(18)26/h4-11,14H,2-3,12-13,27H2,1H3. The molecule has 0 amide bonds. The summed E-state index contributed by atoms with van der Waals surface area (Å²) in [6.07, 6.45) is 1.80. The lowest BCUT2D eigenvalue weighted by molar-refractivity contribution is -0.142. The molecule has 0 saturated carbocycles. The van der Waals surface area contributed by atoms with E-state index in [1.54, 1.807) is 24.3 Å². The van der Waals surface area contributed by atoms with Crippen molar-refractivity contribution < 1.29 is 23.1 Å². The van der Waals surface area contributed by atoms with Crippen LogP contribution in [0.3, 0.4) is 0 Å². The number of hydrogen-bond acceptors (Lipinski definition) is 5. The molecule has 3 rings (SSSR count). The summed E-state index contributed by atoms with van der Waals surface area (Å²) in [5.41, 5.74) is 6.19. The summed E-state index contributed by atoms with van der Waals surface area (Å²) in [6.45, 7) is 2.37. The van der Waals surface area contributed by atoms with Gasteiger partial charge < -0.3 is 10.5 Å². The number of esters is 1. The SMILES string of the molecule is CCCCOC(=O)Cc1ccc(-n2c(N)c(C(=O)c3ccc(F)cc3F)ccc2=O)cc1. The molecule has 32 heavy (non-hydrogen) atoms. The van der Waals surface area contributed by atoms with Crippen LogP contribution in [0, 0.1) is 11.6 Å². The van der Waals surface area contributed by atoms with Crippen LogP contribution in [0.2, 0.25) is 0 Å². The molecule has 8 heteroatoms. The van der Waals surface area contributed by atoms with Crippen molar-refractivity contribution >= 4 is 17.6 Å². The molecule has 2 N–H and O–H groups in total. The quantitative estimate of drug-likeness (QED) is 0.327. The molecular formula is C24H22F2N2O4. The van der Waals surface area contributed by atoms with Gasteiger partial charge in [-0.15, -0.1) is 0 Å². The first-order chi connectivity index (χ1) is 15.3. The zero-order chi connectivity index (χ0) is 23.3. The van der Waals surface area contributed by atoms with E-state index < -0.39 is 23.0 Å². The van der Waals surface area contributed by atoms with Crippen molar-refractivity contribution in [2.75, 3.05) is 12.3 Å². The van der Waals surface area contributed by atoms with Crippen molar-refractivity contribution in [2.45, 2.75) is 26.2 Å². The van der Waals surface area contributed by atoms with Crippen LogP contribution in [0.15, 0.2) is 59.4 Å². The Morgan fingerprint density at radius 2 is 1.69 bits per heavy atom. The number of benzene rings is 2. The lowest BCUT2D eigenvalue weighted by Crippen LogP contribution is -2.23. The fourth-order valence-electron chi connectivity index (χ4n) is 3.14. The molecular weight excluding hydrogens is 418 g/mol. The lowest BCUT2D eigenvalue weighted by atomic mass is 10.0. The zero-order valence-corrected chi connectivity index (χ0v) is 17.4. The summed E-state index contributed by atoms with van der Waals surface area (Å²) in [7, 11) is 0. The van der Waals surface area contributed by atoms with Crippen LogP contribution in [0.4, 0.5) is 14.6 Å². The number of carbonyl (C=O) groups is 2. The summed E-state index contributed by atoms with van der Waals surface area (Å²) >= 11 is 0. The van der Waals surface area contributed by atoms with Crippen LogP contribution in [0.1, 0.15) is 41.3 Å². The topological polar surface area (TPSA) is 91.4 Å². The van der Waals surface area contributed by atoms with E-state index in [2.05, 4.69) is 0 Å². The van der Waals surface area contributed by atoms with Gasteiger partial charge in [-0.1, -0.05) is 25.5 Å². The van der Waals surface area contributed by atoms with E-state index in [9.17, 15) is 23.2 Å². The molecule has 0 aliphatic heterocycles. The van der Waals surface area contributed by atoms with Gasteiger partial charge in [0.25, 0.3) is 5.56 Å². The van der Waals surface area contributed by atoms with Crippen molar-refractivity contribution in [2.24, 2.45) is 0 Å². The summed E-state index contributed by atoms with van der Waals surface area (Å²) in [5, 5.41) is 0. The van der Waals surface area contributed by atoms with Gasteiger partial charge in [0.15, 0.2) is 5.78 Å². The second kappa shape index (κ2) is 10.00. The van der Waals surface area contributed by atoms with E-state index in [-0.39, 0.29) is 29.3 Å². The van der Waals surface area contributed by atoms with E-state index in [0.29, 0.717) is 23.9 Å². The van der Waals surface area contributed by atoms with E-state index in [1.807, 2.05) is 6.92 Å². The number of ether oxygens (including phenoxy) is 1. The van der Waals surface area contributed by atoms with Crippen LogP contribution in [0.5, 0.6) is 0 Å². The first kappa shape index (κ1) is 22.9. The van der Waals surface area contributed by atoms with Gasteiger partial charge in [0, 0.05) is 12.1 Å². The minimum Gasteiger partial charge on any atom is -0.465 e. The number of nitrogen functional groups attached to an aromatic ring is 1. The van der Waals surface area contributed by atoms with Crippen LogP contribution < -0.4 is 11.3 Å². The van der Waals surface area contributed by atoms with E-state index in [1.165, 1.54) is 6.07 Å². The summed E-state index contributed by atoms with van der Waals surface area (Å²) in [4.78, 5) is 37.1. The Kier molecular flexibility index (Phi) is 7.14. The minimum absolute atomic E-state index is 0.0801. The molecule has 0 atom stereocenters. The van der Waals surface area contributed by atoms with Crippen molar-refractivity contribution in [1.82, 2.24) is 4.57 Å². The number of carbonyl (C=O) groups excluding carboxylic acids is 2. The van der Waals surface area contributed by atoms with E-state index in [4.69, 9.17) is 10.5 Å². The molecule has 166 valence electrons. The van der Waals surface area contributed by atoms with Gasteiger partial charge in [0.1, 0.15) is 17.5 Å². The Labute approximate surface area is 183 Å². The molecule has 3 aromatic rings. The molecule has 0 bridgehead atoms. The predicted octanol–water partition coefficient (Wildman–Crippen LogP) is 3.81. The Balaban J connectivity index is 1.88. The number of nitrogens with zero attached hydrogens (tertiary/aromatic N) is 1. The van der Waals surface area contributed by atoms with Gasteiger partial charge in [0.2, 0.25) is 0 Å². The molecule has 0 spiro atoms. The molecule has 6 nitrogen and oxygen atoms in total. The molecule has 0 aliphatic rings. The normalized spacial score (nSPS) is 10.7. The maximum absolute atomic E-state index is 14.1. The minimum atomic E-state index is -1.03. The predicted molar refractivity (Wildman–Crippen MR) is 116 cm³/mol. The molecule has 0 aliphatic carbocycles. The third-order valence-corrected chi connectivity index (χ3v) is 4.85. The van der Waals surface area contributed by atoms with Gasteiger partial charge in [-0.2, -0.15) is 0 Å². The maximum atomic E-state index is 14.1. The molecule has 0 saturated heterocycles. The average Bonchev–Trinajstić information content (AvgIpc) is 2.75. The largest absolute Gasteiger partial charge is 0.465 e. The Morgan fingerprint density at radius 3 is 2.34 bits per heavy atom. The van der Waals surface area contributed by atoms with Crippen molar-refractivity contribution in [3.63, 3.8) is 0 Å². The maximum Gasteiger partial charge on any atom is 0.310 e. The molecule has 1 heterocycles. The lowest BCUT2D eigenvalue weighted by Gasteiger charge is -2.14. The van der Waals surface area contributed by atoms with Gasteiger partial charge in [-0.3, -0.25) is 19.0 Å². The summed E-state index contributed by atoms with van der Waals surface area (Å²) in [5.74, 6) is -3.15. The van der Waals surface area contributed by atoms with Gasteiger partial charge in [0.05, 0.1) is 29.8 Å². The highest BCUT2D eigenvalue weighted by molar-refractivity contribution is 6.11. The van der Waals surface area contributed by atoms with Crippen molar-refractivity contribution in [1.29, 1.82) is 0 Å². The fraction of sp³-hybridized carbons (Fsp3) is 0.208. The number of unbranched alkanes of at least 4 members (excludes halogenated alkanes) is 1. The Morgan fingerprint density at radius 1 is 1.00 bits per heavy atom. The first-order valence-electron chi connectivity index (χ1n) is 10.1. The highest BCUT2D eigenvalue weighted by Gasteiger charge is 2.20. The van der Waals surface area contributed by atoms with Gasteiger partial charge >= 0.3 is 5.97 Å². The Hall–Kier alpha value is -3.81. The smallest absolute Gasteiger partial charge is 0.310 e. The molecule has 0 unspecified atom stereocenters. The number of hydrogen-bond donors (Lipinski definition) is 1. The number of aromatic nitrogens is 1. The number of ketones is 1. The molecule has 0 fully saturated rings. The van der Waals surface area contributed by atoms with E-state index in [0.717, 1.165) is 35.6 Å². The second-order valence-corrected chi connectivity index (χ2v) is 7.18. The first-order valence-corrected chi connectivity index (χ1v) is 10.1. The summed E-state index contributed by atoms with van der Waals surface area (Å²) in [6, 6.07) is 11.4. The number of nitrogens with two attached hydrogens (primary N) is 1. The molecule has 0 radical (unpaired) electrons. The molecule has 2 aromatic carbocycles. The van der Waals surface area contributed by atoms with Gasteiger partial charge in [-0.25, -0.2) is 8.78 Å². The fourth-order valence-corrected chi connectivity index (χ4v) is 3.14. The number of anilines is 1. The number of rotatable bonds is 8. The third-order valence-electron chi connectivity index (χ3n) is 4.85. The van der Waals surface area contributed by atoms with Crippen molar-refractivity contribution in [3.05, 3.63) is 93.3 Å². The zero-order valence-electron chi connectivity index (χ0n) is 17.4. The highest BCUT2D eigenvalue weighted by atomic mass is 19.1. The second-order valence-electron chi connectivity index (χ2n) is 7.18. The average molecular weight is 440 g/mol. The monoisotopic (exact) mass is 440 g/mol. The number of pyridine rings is 1. The summed E-state index contributed by atoms with van der Waals surface area (Å²) < 4.78 is 33.5. The van der Waals surface area contributed by atoms with Crippen LogP contribution in [0.25, 0.3) is 5.69 Å². The van der Waals surface area contributed by atoms with Crippen LogP contribution in [-0.4, -0.2) is 22.9 Å². The van der Waals surface area contributed by atoms with Crippen LogP contribution >= 0.6 is 0 Å². The Bertz CT molecular complexity index is 1200. The third kappa shape index (κ3) is 5.08. The number of halogens is 2. The van der Waals surface area contributed by atoms with E-state index >= 15 is 0 Å². The van der Waals surface area contributed by atoms with Crippen LogP contribution in [-0.2, 0) is 16.0 Å². The van der Waals surface area contributed by atoms with Gasteiger partial charge in [-0.05, 0) is 42.3 Å². The van der Waals surface area contributed by atoms with Crippen molar-refractivity contribution in [3.8, 4) is 5.69 Å². The highest BCUT2D eigenvalue weighted by Crippen LogP contribution is 2.21.